The fourth-order valence-corrected chi connectivity index (χ4v) is 2.11. The number of aromatic nitrogens is 2. The van der Waals surface area contributed by atoms with E-state index in [9.17, 15) is 0 Å². The summed E-state index contributed by atoms with van der Waals surface area (Å²) in [4.78, 5) is 8.91. The molecule has 1 aromatic carbocycles. The van der Waals surface area contributed by atoms with Crippen LogP contribution in [0.25, 0.3) is 0 Å². The van der Waals surface area contributed by atoms with Crippen molar-refractivity contribution in [3.05, 3.63) is 59.2 Å². The Morgan fingerprint density at radius 3 is 2.53 bits per heavy atom. The summed E-state index contributed by atoms with van der Waals surface area (Å²) in [5, 5.41) is 3.46. The zero-order valence-corrected chi connectivity index (χ0v) is 11.9. The molecule has 2 rings (SSSR count). The molecule has 0 aliphatic heterocycles. The van der Waals surface area contributed by atoms with Crippen molar-refractivity contribution in [2.24, 2.45) is 0 Å². The molecule has 0 saturated carbocycles. The van der Waals surface area contributed by atoms with Gasteiger partial charge in [0.2, 0.25) is 0 Å². The predicted octanol–water partition coefficient (Wildman–Crippen LogP) is 3.05. The molecule has 0 aliphatic carbocycles. The van der Waals surface area contributed by atoms with E-state index in [-0.39, 0.29) is 6.04 Å². The van der Waals surface area contributed by atoms with E-state index < -0.39 is 0 Å². The number of hydrogen-bond donors (Lipinski definition) is 1. The molecular formula is C16H21N3. The fraction of sp³-hybridized carbons (Fsp3) is 0.375. The van der Waals surface area contributed by atoms with E-state index in [1.54, 1.807) is 0 Å². The van der Waals surface area contributed by atoms with Crippen LogP contribution in [-0.2, 0) is 6.42 Å². The SMILES string of the molecule is CCNC(c1cccc(CC)c1)c1ncc(C)cn1. The van der Waals surface area contributed by atoms with E-state index in [0.717, 1.165) is 24.4 Å². The first-order valence-electron chi connectivity index (χ1n) is 6.85. The lowest BCUT2D eigenvalue weighted by Gasteiger charge is -2.17. The molecule has 0 amide bonds. The van der Waals surface area contributed by atoms with E-state index in [1.165, 1.54) is 11.1 Å². The number of benzene rings is 1. The van der Waals surface area contributed by atoms with Crippen LogP contribution in [0.4, 0.5) is 0 Å². The van der Waals surface area contributed by atoms with E-state index in [2.05, 4.69) is 53.4 Å². The molecule has 2 aromatic rings. The highest BCUT2D eigenvalue weighted by Gasteiger charge is 2.15. The van der Waals surface area contributed by atoms with Gasteiger partial charge in [-0.05, 0) is 36.6 Å². The van der Waals surface area contributed by atoms with E-state index >= 15 is 0 Å². The molecule has 1 unspecified atom stereocenters. The zero-order valence-electron chi connectivity index (χ0n) is 11.9. The van der Waals surface area contributed by atoms with Gasteiger partial charge in [-0.25, -0.2) is 9.97 Å². The van der Waals surface area contributed by atoms with Crippen LogP contribution in [0.5, 0.6) is 0 Å². The predicted molar refractivity (Wildman–Crippen MR) is 78.1 cm³/mol. The first-order valence-corrected chi connectivity index (χ1v) is 6.85. The second kappa shape index (κ2) is 6.43. The highest BCUT2D eigenvalue weighted by molar-refractivity contribution is 5.29. The summed E-state index contributed by atoms with van der Waals surface area (Å²) in [6, 6.07) is 8.69. The first kappa shape index (κ1) is 13.7. The third-order valence-electron chi connectivity index (χ3n) is 3.16. The molecular weight excluding hydrogens is 234 g/mol. The van der Waals surface area contributed by atoms with Crippen molar-refractivity contribution >= 4 is 0 Å². The topological polar surface area (TPSA) is 37.8 Å². The van der Waals surface area contributed by atoms with Crippen molar-refractivity contribution in [3.8, 4) is 0 Å². The van der Waals surface area contributed by atoms with Crippen molar-refractivity contribution in [1.82, 2.24) is 15.3 Å². The van der Waals surface area contributed by atoms with Crippen molar-refractivity contribution in [3.63, 3.8) is 0 Å². The second-order valence-corrected chi connectivity index (χ2v) is 4.71. The fourth-order valence-electron chi connectivity index (χ4n) is 2.11. The van der Waals surface area contributed by atoms with Gasteiger partial charge in [-0.1, -0.05) is 38.1 Å². The van der Waals surface area contributed by atoms with Gasteiger partial charge in [0.25, 0.3) is 0 Å². The Hall–Kier alpha value is -1.74. The van der Waals surface area contributed by atoms with Gasteiger partial charge >= 0.3 is 0 Å². The molecule has 0 fully saturated rings. The minimum Gasteiger partial charge on any atom is -0.304 e. The van der Waals surface area contributed by atoms with Crippen LogP contribution in [-0.4, -0.2) is 16.5 Å². The molecule has 19 heavy (non-hydrogen) atoms. The molecule has 0 spiro atoms. The molecule has 0 radical (unpaired) electrons. The first-order chi connectivity index (χ1) is 9.24. The van der Waals surface area contributed by atoms with E-state index in [0.29, 0.717) is 0 Å². The highest BCUT2D eigenvalue weighted by atomic mass is 15.0. The summed E-state index contributed by atoms with van der Waals surface area (Å²) in [5.41, 5.74) is 3.65. The third-order valence-corrected chi connectivity index (χ3v) is 3.16. The Kier molecular flexibility index (Phi) is 4.63. The number of aryl methyl sites for hydroxylation is 2. The van der Waals surface area contributed by atoms with Crippen molar-refractivity contribution in [2.45, 2.75) is 33.2 Å². The van der Waals surface area contributed by atoms with Gasteiger partial charge in [0.15, 0.2) is 0 Å². The van der Waals surface area contributed by atoms with Gasteiger partial charge in [-0.3, -0.25) is 0 Å². The van der Waals surface area contributed by atoms with E-state index in [4.69, 9.17) is 0 Å². The summed E-state index contributed by atoms with van der Waals surface area (Å²) >= 11 is 0. The minimum absolute atomic E-state index is 0.0668. The Morgan fingerprint density at radius 2 is 1.89 bits per heavy atom. The van der Waals surface area contributed by atoms with Crippen LogP contribution in [0.15, 0.2) is 36.7 Å². The lowest BCUT2D eigenvalue weighted by atomic mass is 10.0. The highest BCUT2D eigenvalue weighted by Crippen LogP contribution is 2.20. The van der Waals surface area contributed by atoms with Gasteiger partial charge in [0.05, 0.1) is 6.04 Å². The van der Waals surface area contributed by atoms with Gasteiger partial charge in [0.1, 0.15) is 5.82 Å². The Bertz CT molecular complexity index is 520. The average Bonchev–Trinajstić information content (AvgIpc) is 2.46. The van der Waals surface area contributed by atoms with Crippen molar-refractivity contribution < 1.29 is 0 Å². The largest absolute Gasteiger partial charge is 0.304 e. The average molecular weight is 255 g/mol. The number of nitrogens with one attached hydrogen (secondary N) is 1. The Morgan fingerprint density at radius 1 is 1.16 bits per heavy atom. The Balaban J connectivity index is 2.35. The standard InChI is InChI=1S/C16H21N3/c1-4-13-7-6-8-14(9-13)15(17-5-2)16-18-10-12(3)11-19-16/h6-11,15,17H,4-5H2,1-3H3. The van der Waals surface area contributed by atoms with Crippen LogP contribution >= 0.6 is 0 Å². The maximum atomic E-state index is 4.46. The normalized spacial score (nSPS) is 12.4. The molecule has 100 valence electrons. The maximum Gasteiger partial charge on any atom is 0.149 e. The molecule has 1 heterocycles. The number of hydrogen-bond acceptors (Lipinski definition) is 3. The van der Waals surface area contributed by atoms with Crippen LogP contribution < -0.4 is 5.32 Å². The van der Waals surface area contributed by atoms with Crippen molar-refractivity contribution in [2.75, 3.05) is 6.54 Å². The number of rotatable bonds is 5. The molecule has 1 aromatic heterocycles. The minimum atomic E-state index is 0.0668. The van der Waals surface area contributed by atoms with Crippen LogP contribution in [0, 0.1) is 6.92 Å². The zero-order chi connectivity index (χ0) is 13.7. The molecule has 3 heteroatoms. The smallest absolute Gasteiger partial charge is 0.149 e. The molecule has 3 nitrogen and oxygen atoms in total. The second-order valence-electron chi connectivity index (χ2n) is 4.71. The van der Waals surface area contributed by atoms with Crippen molar-refractivity contribution in [1.29, 1.82) is 0 Å². The monoisotopic (exact) mass is 255 g/mol. The molecule has 1 N–H and O–H groups in total. The van der Waals surface area contributed by atoms with E-state index in [1.807, 2.05) is 19.3 Å². The molecule has 1 atom stereocenters. The lowest BCUT2D eigenvalue weighted by Crippen LogP contribution is -2.24. The summed E-state index contributed by atoms with van der Waals surface area (Å²) in [7, 11) is 0. The quantitative estimate of drug-likeness (QED) is 0.892. The summed E-state index contributed by atoms with van der Waals surface area (Å²) in [5.74, 6) is 0.834. The van der Waals surface area contributed by atoms with Crippen LogP contribution in [0.2, 0.25) is 0 Å². The van der Waals surface area contributed by atoms with Gasteiger partial charge < -0.3 is 5.32 Å². The van der Waals surface area contributed by atoms with Gasteiger partial charge in [-0.2, -0.15) is 0 Å². The summed E-state index contributed by atoms with van der Waals surface area (Å²) in [6.45, 7) is 7.16. The molecule has 0 bridgehead atoms. The number of nitrogens with zero attached hydrogens (tertiary/aromatic N) is 2. The lowest BCUT2D eigenvalue weighted by molar-refractivity contribution is 0.596. The van der Waals surface area contributed by atoms with Gasteiger partial charge in [0, 0.05) is 12.4 Å². The summed E-state index contributed by atoms with van der Waals surface area (Å²) < 4.78 is 0. The molecule has 0 saturated heterocycles. The van der Waals surface area contributed by atoms with Crippen LogP contribution in [0.3, 0.4) is 0 Å². The third kappa shape index (κ3) is 3.38. The Labute approximate surface area is 115 Å². The van der Waals surface area contributed by atoms with Crippen LogP contribution in [0.1, 0.15) is 42.4 Å². The van der Waals surface area contributed by atoms with Gasteiger partial charge in [-0.15, -0.1) is 0 Å². The molecule has 0 aliphatic rings. The maximum absolute atomic E-state index is 4.46. The summed E-state index contributed by atoms with van der Waals surface area (Å²) in [6.07, 6.45) is 4.79.